The van der Waals surface area contributed by atoms with Gasteiger partial charge >= 0.3 is 0 Å². The van der Waals surface area contributed by atoms with Crippen LogP contribution in [0.1, 0.15) is 11.1 Å². The van der Waals surface area contributed by atoms with Crippen molar-refractivity contribution in [2.24, 2.45) is 0 Å². The molecule has 0 aromatic heterocycles. The molecule has 18 heavy (non-hydrogen) atoms. The maximum atomic E-state index is 9.21. The van der Waals surface area contributed by atoms with E-state index in [1.807, 2.05) is 38.4 Å². The first-order valence-electron chi connectivity index (χ1n) is 5.90. The fourth-order valence-corrected chi connectivity index (χ4v) is 1.68. The Morgan fingerprint density at radius 3 is 2.22 bits per heavy atom. The van der Waals surface area contributed by atoms with E-state index in [9.17, 15) is 5.11 Å². The third-order valence-corrected chi connectivity index (χ3v) is 2.75. The Hall–Kier alpha value is -2.22. The van der Waals surface area contributed by atoms with Crippen molar-refractivity contribution in [2.75, 3.05) is 19.0 Å². The minimum Gasteiger partial charge on any atom is -0.508 e. The lowest BCUT2D eigenvalue weighted by molar-refractivity contribution is 0.475. The number of phenols is 1. The van der Waals surface area contributed by atoms with Gasteiger partial charge in [0, 0.05) is 19.8 Å². The van der Waals surface area contributed by atoms with E-state index in [2.05, 4.69) is 29.2 Å². The first kappa shape index (κ1) is 12.2. The molecular weight excluding hydrogens is 222 g/mol. The van der Waals surface area contributed by atoms with E-state index in [1.54, 1.807) is 12.1 Å². The number of hydrogen-bond acceptors (Lipinski definition) is 2. The number of anilines is 1. The van der Waals surface area contributed by atoms with E-state index in [-0.39, 0.29) is 0 Å². The van der Waals surface area contributed by atoms with Crippen LogP contribution >= 0.6 is 0 Å². The zero-order valence-corrected chi connectivity index (χ0v) is 10.7. The van der Waals surface area contributed by atoms with E-state index in [0.717, 1.165) is 11.1 Å². The van der Waals surface area contributed by atoms with Crippen molar-refractivity contribution >= 4 is 17.8 Å². The normalized spacial score (nSPS) is 10.8. The van der Waals surface area contributed by atoms with Crippen LogP contribution < -0.4 is 4.90 Å². The Bertz CT molecular complexity index is 541. The molecule has 0 heterocycles. The van der Waals surface area contributed by atoms with Gasteiger partial charge in [-0.15, -0.1) is 0 Å². The molecule has 92 valence electrons. The van der Waals surface area contributed by atoms with E-state index in [4.69, 9.17) is 0 Å². The molecule has 0 bridgehead atoms. The lowest BCUT2D eigenvalue weighted by Gasteiger charge is -2.12. The number of hydrogen-bond donors (Lipinski definition) is 1. The highest BCUT2D eigenvalue weighted by atomic mass is 16.3. The summed E-state index contributed by atoms with van der Waals surface area (Å²) in [6, 6.07) is 15.5. The molecule has 0 amide bonds. The van der Waals surface area contributed by atoms with Gasteiger partial charge in [-0.25, -0.2) is 0 Å². The highest BCUT2D eigenvalue weighted by Gasteiger charge is 1.95. The molecular formula is C16H17NO. The molecule has 0 aliphatic carbocycles. The SMILES string of the molecule is CN(C)c1cccc(/C=C/c2ccc(O)cc2)c1. The predicted octanol–water partition coefficient (Wildman–Crippen LogP) is 3.63. The van der Waals surface area contributed by atoms with Crippen LogP contribution in [0, 0.1) is 0 Å². The lowest BCUT2D eigenvalue weighted by atomic mass is 10.1. The molecule has 0 spiro atoms. The molecule has 2 aromatic rings. The van der Waals surface area contributed by atoms with Crippen LogP contribution in [0.15, 0.2) is 48.5 Å². The highest BCUT2D eigenvalue weighted by molar-refractivity contribution is 5.71. The summed E-state index contributed by atoms with van der Waals surface area (Å²) in [5, 5.41) is 9.21. The standard InChI is InChI=1S/C16H17NO/c1-17(2)15-5-3-4-14(12-15)7-6-13-8-10-16(18)11-9-13/h3-12,18H,1-2H3/b7-6+. The van der Waals surface area contributed by atoms with E-state index in [0.29, 0.717) is 5.75 Å². The topological polar surface area (TPSA) is 23.5 Å². The average Bonchev–Trinajstić information content (AvgIpc) is 2.38. The third kappa shape index (κ3) is 3.14. The lowest BCUT2D eigenvalue weighted by Crippen LogP contribution is -2.08. The van der Waals surface area contributed by atoms with Gasteiger partial charge in [0.05, 0.1) is 0 Å². The Kier molecular flexibility index (Phi) is 3.68. The number of rotatable bonds is 3. The molecule has 0 fully saturated rings. The second kappa shape index (κ2) is 5.41. The molecule has 0 saturated carbocycles. The Morgan fingerprint density at radius 2 is 1.56 bits per heavy atom. The van der Waals surface area contributed by atoms with Crippen molar-refractivity contribution in [1.29, 1.82) is 0 Å². The minimum atomic E-state index is 0.293. The van der Waals surface area contributed by atoms with Crippen LogP contribution in [-0.2, 0) is 0 Å². The first-order chi connectivity index (χ1) is 8.65. The van der Waals surface area contributed by atoms with Crippen LogP contribution in [0.2, 0.25) is 0 Å². The van der Waals surface area contributed by atoms with E-state index < -0.39 is 0 Å². The molecule has 2 aromatic carbocycles. The Labute approximate surface area is 108 Å². The summed E-state index contributed by atoms with van der Waals surface area (Å²) in [5.74, 6) is 0.293. The van der Waals surface area contributed by atoms with Crippen molar-refractivity contribution in [3.63, 3.8) is 0 Å². The van der Waals surface area contributed by atoms with Crippen LogP contribution in [0.5, 0.6) is 5.75 Å². The molecule has 0 aliphatic heterocycles. The fourth-order valence-electron chi connectivity index (χ4n) is 1.68. The molecule has 0 saturated heterocycles. The van der Waals surface area contributed by atoms with Crippen LogP contribution in [0.4, 0.5) is 5.69 Å². The summed E-state index contributed by atoms with van der Waals surface area (Å²) in [4.78, 5) is 2.08. The number of phenolic OH excluding ortho intramolecular Hbond substituents is 1. The fraction of sp³-hybridized carbons (Fsp3) is 0.125. The van der Waals surface area contributed by atoms with Crippen LogP contribution in [0.3, 0.4) is 0 Å². The summed E-state index contributed by atoms with van der Waals surface area (Å²) in [6.45, 7) is 0. The Morgan fingerprint density at radius 1 is 0.889 bits per heavy atom. The van der Waals surface area contributed by atoms with Crippen molar-refractivity contribution in [3.05, 3.63) is 59.7 Å². The molecule has 2 heteroatoms. The average molecular weight is 239 g/mol. The molecule has 2 rings (SSSR count). The van der Waals surface area contributed by atoms with Gasteiger partial charge in [0.25, 0.3) is 0 Å². The second-order valence-electron chi connectivity index (χ2n) is 4.41. The number of benzene rings is 2. The third-order valence-electron chi connectivity index (χ3n) is 2.75. The maximum absolute atomic E-state index is 9.21. The van der Waals surface area contributed by atoms with E-state index in [1.165, 1.54) is 5.69 Å². The van der Waals surface area contributed by atoms with E-state index >= 15 is 0 Å². The van der Waals surface area contributed by atoms with Gasteiger partial charge in [0.2, 0.25) is 0 Å². The van der Waals surface area contributed by atoms with Gasteiger partial charge in [-0.2, -0.15) is 0 Å². The van der Waals surface area contributed by atoms with Crippen molar-refractivity contribution < 1.29 is 5.11 Å². The minimum absolute atomic E-state index is 0.293. The molecule has 2 nitrogen and oxygen atoms in total. The molecule has 0 aliphatic rings. The highest BCUT2D eigenvalue weighted by Crippen LogP contribution is 2.16. The zero-order valence-electron chi connectivity index (χ0n) is 10.7. The zero-order chi connectivity index (χ0) is 13.0. The molecule has 0 unspecified atom stereocenters. The van der Waals surface area contributed by atoms with Crippen molar-refractivity contribution in [3.8, 4) is 5.75 Å². The summed E-state index contributed by atoms with van der Waals surface area (Å²) in [7, 11) is 4.06. The molecule has 0 atom stereocenters. The largest absolute Gasteiger partial charge is 0.508 e. The second-order valence-corrected chi connectivity index (χ2v) is 4.41. The van der Waals surface area contributed by atoms with Gasteiger partial charge in [-0.1, -0.05) is 36.4 Å². The van der Waals surface area contributed by atoms with Crippen molar-refractivity contribution in [2.45, 2.75) is 0 Å². The summed E-state index contributed by atoms with van der Waals surface area (Å²) >= 11 is 0. The van der Waals surface area contributed by atoms with Gasteiger partial charge in [0.1, 0.15) is 5.75 Å². The number of nitrogens with zero attached hydrogens (tertiary/aromatic N) is 1. The van der Waals surface area contributed by atoms with Crippen LogP contribution in [-0.4, -0.2) is 19.2 Å². The molecule has 0 radical (unpaired) electrons. The monoisotopic (exact) mass is 239 g/mol. The summed E-state index contributed by atoms with van der Waals surface area (Å²) in [5.41, 5.74) is 3.42. The van der Waals surface area contributed by atoms with Gasteiger partial charge in [-0.05, 0) is 35.4 Å². The van der Waals surface area contributed by atoms with Gasteiger partial charge in [-0.3, -0.25) is 0 Å². The first-order valence-corrected chi connectivity index (χ1v) is 5.90. The van der Waals surface area contributed by atoms with Crippen LogP contribution in [0.25, 0.3) is 12.2 Å². The van der Waals surface area contributed by atoms with Crippen molar-refractivity contribution in [1.82, 2.24) is 0 Å². The van der Waals surface area contributed by atoms with Gasteiger partial charge < -0.3 is 10.0 Å². The summed E-state index contributed by atoms with van der Waals surface area (Å²) in [6.07, 6.45) is 4.10. The smallest absolute Gasteiger partial charge is 0.115 e. The molecule has 1 N–H and O–H groups in total. The number of aromatic hydroxyl groups is 1. The van der Waals surface area contributed by atoms with Gasteiger partial charge in [0.15, 0.2) is 0 Å². The predicted molar refractivity (Wildman–Crippen MR) is 77.8 cm³/mol. The quantitative estimate of drug-likeness (QED) is 0.827. The summed E-state index contributed by atoms with van der Waals surface area (Å²) < 4.78 is 0. The maximum Gasteiger partial charge on any atom is 0.115 e. The Balaban J connectivity index is 2.18.